The van der Waals surface area contributed by atoms with Crippen LogP contribution >= 0.6 is 11.3 Å². The number of carbonyl (C=O) groups excluding carboxylic acids is 1. The highest BCUT2D eigenvalue weighted by atomic mass is 32.1. The smallest absolute Gasteiger partial charge is 0.258 e. The second kappa shape index (κ2) is 6.29. The highest BCUT2D eigenvalue weighted by Gasteiger charge is 2.07. The number of rotatable bonds is 5. The SMILES string of the molecule is Cc1csc(CNC(=O)COc2ccccc2F)n1. The minimum Gasteiger partial charge on any atom is -0.481 e. The molecular weight excluding hydrogens is 267 g/mol. The van der Waals surface area contributed by atoms with E-state index in [4.69, 9.17) is 4.74 Å². The second-order valence-electron chi connectivity index (χ2n) is 3.88. The Labute approximate surface area is 114 Å². The summed E-state index contributed by atoms with van der Waals surface area (Å²) in [6.45, 7) is 2.03. The van der Waals surface area contributed by atoms with Crippen LogP contribution in [0.2, 0.25) is 0 Å². The predicted octanol–water partition coefficient (Wildman–Crippen LogP) is 2.29. The molecule has 0 saturated carbocycles. The van der Waals surface area contributed by atoms with Crippen molar-refractivity contribution >= 4 is 17.2 Å². The van der Waals surface area contributed by atoms with Gasteiger partial charge in [0, 0.05) is 11.1 Å². The Bertz CT molecular complexity index is 571. The summed E-state index contributed by atoms with van der Waals surface area (Å²) in [6, 6.07) is 5.97. The average molecular weight is 280 g/mol. The van der Waals surface area contributed by atoms with Gasteiger partial charge in [0.05, 0.1) is 6.54 Å². The van der Waals surface area contributed by atoms with Crippen molar-refractivity contribution in [2.24, 2.45) is 0 Å². The van der Waals surface area contributed by atoms with E-state index < -0.39 is 5.82 Å². The van der Waals surface area contributed by atoms with E-state index in [1.165, 1.54) is 23.5 Å². The minimum atomic E-state index is -0.481. The van der Waals surface area contributed by atoms with Crippen molar-refractivity contribution in [3.8, 4) is 5.75 Å². The molecule has 0 aliphatic rings. The van der Waals surface area contributed by atoms with Gasteiger partial charge in [-0.3, -0.25) is 4.79 Å². The average Bonchev–Trinajstić information content (AvgIpc) is 2.81. The molecule has 19 heavy (non-hydrogen) atoms. The van der Waals surface area contributed by atoms with Crippen molar-refractivity contribution in [3.05, 3.63) is 46.2 Å². The fraction of sp³-hybridized carbons (Fsp3) is 0.231. The summed E-state index contributed by atoms with van der Waals surface area (Å²) < 4.78 is 18.3. The zero-order valence-electron chi connectivity index (χ0n) is 10.4. The van der Waals surface area contributed by atoms with E-state index >= 15 is 0 Å². The molecule has 4 nitrogen and oxygen atoms in total. The molecule has 0 spiro atoms. The number of amides is 1. The maximum atomic E-state index is 13.2. The Hall–Kier alpha value is -1.95. The van der Waals surface area contributed by atoms with Crippen molar-refractivity contribution in [1.29, 1.82) is 0 Å². The third-order valence-electron chi connectivity index (χ3n) is 2.30. The van der Waals surface area contributed by atoms with Gasteiger partial charge in [-0.1, -0.05) is 12.1 Å². The number of hydrogen-bond donors (Lipinski definition) is 1. The van der Waals surface area contributed by atoms with Gasteiger partial charge in [0.1, 0.15) is 5.01 Å². The van der Waals surface area contributed by atoms with Gasteiger partial charge in [-0.2, -0.15) is 0 Å². The van der Waals surface area contributed by atoms with Crippen molar-refractivity contribution in [2.45, 2.75) is 13.5 Å². The molecule has 1 heterocycles. The van der Waals surface area contributed by atoms with Crippen LogP contribution in [0.15, 0.2) is 29.6 Å². The number of ether oxygens (including phenoxy) is 1. The first-order valence-electron chi connectivity index (χ1n) is 5.70. The largest absolute Gasteiger partial charge is 0.481 e. The highest BCUT2D eigenvalue weighted by Crippen LogP contribution is 2.15. The fourth-order valence-corrected chi connectivity index (χ4v) is 2.13. The van der Waals surface area contributed by atoms with Gasteiger partial charge < -0.3 is 10.1 Å². The van der Waals surface area contributed by atoms with E-state index in [1.54, 1.807) is 12.1 Å². The molecule has 0 aliphatic heterocycles. The van der Waals surface area contributed by atoms with E-state index in [-0.39, 0.29) is 18.3 Å². The predicted molar refractivity (Wildman–Crippen MR) is 70.6 cm³/mol. The summed E-state index contributed by atoms with van der Waals surface area (Å²) in [5.74, 6) is -0.718. The van der Waals surface area contributed by atoms with Crippen molar-refractivity contribution in [1.82, 2.24) is 10.3 Å². The fourth-order valence-electron chi connectivity index (χ4n) is 1.41. The van der Waals surface area contributed by atoms with Crippen molar-refractivity contribution < 1.29 is 13.9 Å². The van der Waals surface area contributed by atoms with Gasteiger partial charge in [0.15, 0.2) is 18.2 Å². The van der Waals surface area contributed by atoms with Crippen molar-refractivity contribution in [3.63, 3.8) is 0 Å². The first kappa shape index (κ1) is 13.5. The molecule has 1 N–H and O–H groups in total. The molecule has 0 unspecified atom stereocenters. The number of nitrogens with one attached hydrogen (secondary N) is 1. The molecule has 0 saturated heterocycles. The number of hydrogen-bond acceptors (Lipinski definition) is 4. The number of aromatic nitrogens is 1. The molecule has 0 aliphatic carbocycles. The standard InChI is InChI=1S/C13H13FN2O2S/c1-9-8-19-13(16-9)6-15-12(17)7-18-11-5-3-2-4-10(11)14/h2-5,8H,6-7H2,1H3,(H,15,17). The lowest BCUT2D eigenvalue weighted by Crippen LogP contribution is -2.28. The molecule has 0 fully saturated rings. The van der Waals surface area contributed by atoms with E-state index in [0.717, 1.165) is 10.7 Å². The molecule has 0 atom stereocenters. The lowest BCUT2D eigenvalue weighted by Gasteiger charge is -2.07. The lowest BCUT2D eigenvalue weighted by molar-refractivity contribution is -0.123. The number of carbonyl (C=O) groups is 1. The van der Waals surface area contributed by atoms with E-state index in [9.17, 15) is 9.18 Å². The molecule has 1 amide bonds. The van der Waals surface area contributed by atoms with Crippen LogP contribution in [0.25, 0.3) is 0 Å². The first-order chi connectivity index (χ1) is 9.15. The molecule has 0 bridgehead atoms. The first-order valence-corrected chi connectivity index (χ1v) is 6.58. The maximum absolute atomic E-state index is 13.2. The van der Waals surface area contributed by atoms with Gasteiger partial charge in [0.2, 0.25) is 0 Å². The molecule has 1 aromatic carbocycles. The summed E-state index contributed by atoms with van der Waals surface area (Å²) in [4.78, 5) is 15.7. The number of para-hydroxylation sites is 1. The van der Waals surface area contributed by atoms with Crippen LogP contribution in [-0.4, -0.2) is 17.5 Å². The topological polar surface area (TPSA) is 51.2 Å². The zero-order valence-corrected chi connectivity index (χ0v) is 11.2. The summed E-state index contributed by atoms with van der Waals surface area (Å²) in [6.07, 6.45) is 0. The summed E-state index contributed by atoms with van der Waals surface area (Å²) in [5, 5.41) is 5.41. The Morgan fingerprint density at radius 2 is 2.26 bits per heavy atom. The number of nitrogens with zero attached hydrogens (tertiary/aromatic N) is 1. The molecular formula is C13H13FN2O2S. The van der Waals surface area contributed by atoms with E-state index in [0.29, 0.717) is 6.54 Å². The third kappa shape index (κ3) is 4.03. The zero-order chi connectivity index (χ0) is 13.7. The molecule has 0 radical (unpaired) electrons. The number of thiazole rings is 1. The summed E-state index contributed by atoms with van der Waals surface area (Å²) in [7, 11) is 0. The Morgan fingerprint density at radius 3 is 2.95 bits per heavy atom. The van der Waals surface area contributed by atoms with E-state index in [1.807, 2.05) is 12.3 Å². The minimum absolute atomic E-state index is 0.0720. The number of aryl methyl sites for hydroxylation is 1. The normalized spacial score (nSPS) is 10.2. The molecule has 1 aromatic heterocycles. The van der Waals surface area contributed by atoms with Gasteiger partial charge in [0.25, 0.3) is 5.91 Å². The lowest BCUT2D eigenvalue weighted by atomic mass is 10.3. The summed E-state index contributed by atoms with van der Waals surface area (Å²) in [5.41, 5.74) is 0.928. The van der Waals surface area contributed by atoms with Gasteiger partial charge in [-0.15, -0.1) is 11.3 Å². The van der Waals surface area contributed by atoms with Crippen LogP contribution in [0, 0.1) is 12.7 Å². The Kier molecular flexibility index (Phi) is 4.46. The van der Waals surface area contributed by atoms with Crippen LogP contribution in [0.4, 0.5) is 4.39 Å². The second-order valence-corrected chi connectivity index (χ2v) is 4.82. The molecule has 100 valence electrons. The molecule has 2 aromatic rings. The van der Waals surface area contributed by atoms with Crippen LogP contribution in [0.5, 0.6) is 5.75 Å². The van der Waals surface area contributed by atoms with Gasteiger partial charge in [-0.25, -0.2) is 9.37 Å². The Balaban J connectivity index is 1.77. The van der Waals surface area contributed by atoms with Gasteiger partial charge >= 0.3 is 0 Å². The third-order valence-corrected chi connectivity index (χ3v) is 3.27. The van der Waals surface area contributed by atoms with Crippen LogP contribution in [0.3, 0.4) is 0 Å². The molecule has 2 rings (SSSR count). The quantitative estimate of drug-likeness (QED) is 0.914. The Morgan fingerprint density at radius 1 is 1.47 bits per heavy atom. The van der Waals surface area contributed by atoms with Gasteiger partial charge in [-0.05, 0) is 19.1 Å². The number of benzene rings is 1. The summed E-state index contributed by atoms with van der Waals surface area (Å²) >= 11 is 1.48. The maximum Gasteiger partial charge on any atom is 0.258 e. The van der Waals surface area contributed by atoms with Crippen molar-refractivity contribution in [2.75, 3.05) is 6.61 Å². The van der Waals surface area contributed by atoms with Crippen LogP contribution in [-0.2, 0) is 11.3 Å². The number of halogens is 1. The monoisotopic (exact) mass is 280 g/mol. The molecule has 6 heteroatoms. The van der Waals surface area contributed by atoms with Crippen LogP contribution < -0.4 is 10.1 Å². The van der Waals surface area contributed by atoms with Crippen LogP contribution in [0.1, 0.15) is 10.7 Å². The van der Waals surface area contributed by atoms with E-state index in [2.05, 4.69) is 10.3 Å². The highest BCUT2D eigenvalue weighted by molar-refractivity contribution is 7.09.